The van der Waals surface area contributed by atoms with E-state index in [0.29, 0.717) is 12.1 Å². The van der Waals surface area contributed by atoms with Crippen LogP contribution in [0.4, 0.5) is 0 Å². The van der Waals surface area contributed by atoms with Crippen LogP contribution >= 0.6 is 22.9 Å². The SMILES string of the molecule is CC(c1ccc(Cl)s1)N1CC(N)C1. The quantitative estimate of drug-likeness (QED) is 0.821. The standard InChI is InChI=1S/C9H13ClN2S/c1-6(12-4-7(11)5-12)8-2-3-9(10)13-8/h2-3,6-7H,4-5,11H2,1H3. The summed E-state index contributed by atoms with van der Waals surface area (Å²) < 4.78 is 0.867. The Morgan fingerprint density at radius 3 is 2.77 bits per heavy atom. The van der Waals surface area contributed by atoms with Gasteiger partial charge < -0.3 is 5.73 Å². The lowest BCUT2D eigenvalue weighted by molar-refractivity contribution is 0.105. The molecule has 0 amide bonds. The number of rotatable bonds is 2. The number of nitrogens with two attached hydrogens (primary N) is 1. The number of likely N-dealkylation sites (tertiary alicyclic amines) is 1. The molecule has 0 saturated carbocycles. The Balaban J connectivity index is 2.01. The molecule has 0 aromatic carbocycles. The van der Waals surface area contributed by atoms with Crippen molar-refractivity contribution in [2.24, 2.45) is 5.73 Å². The van der Waals surface area contributed by atoms with Gasteiger partial charge in [0.05, 0.1) is 4.34 Å². The Morgan fingerprint density at radius 2 is 2.31 bits per heavy atom. The van der Waals surface area contributed by atoms with E-state index >= 15 is 0 Å². The monoisotopic (exact) mass is 216 g/mol. The molecule has 13 heavy (non-hydrogen) atoms. The van der Waals surface area contributed by atoms with Crippen molar-refractivity contribution in [2.75, 3.05) is 13.1 Å². The zero-order chi connectivity index (χ0) is 9.42. The molecule has 0 bridgehead atoms. The van der Waals surface area contributed by atoms with Crippen LogP contribution in [0.2, 0.25) is 4.34 Å². The summed E-state index contributed by atoms with van der Waals surface area (Å²) in [5, 5.41) is 0. The second-order valence-electron chi connectivity index (χ2n) is 3.53. The lowest BCUT2D eigenvalue weighted by Gasteiger charge is -2.40. The summed E-state index contributed by atoms with van der Waals surface area (Å²) in [6.07, 6.45) is 0. The molecule has 1 aromatic heterocycles. The topological polar surface area (TPSA) is 29.3 Å². The minimum atomic E-state index is 0.373. The Bertz CT molecular complexity index is 294. The minimum Gasteiger partial charge on any atom is -0.325 e. The van der Waals surface area contributed by atoms with Crippen molar-refractivity contribution in [3.63, 3.8) is 0 Å². The fourth-order valence-electron chi connectivity index (χ4n) is 1.60. The average Bonchev–Trinajstić information content (AvgIpc) is 2.45. The molecule has 1 unspecified atom stereocenters. The molecule has 72 valence electrons. The third-order valence-electron chi connectivity index (χ3n) is 2.49. The summed E-state index contributed by atoms with van der Waals surface area (Å²) in [5.74, 6) is 0. The van der Waals surface area contributed by atoms with Gasteiger partial charge in [-0.3, -0.25) is 4.90 Å². The van der Waals surface area contributed by atoms with Crippen LogP contribution < -0.4 is 5.73 Å². The highest BCUT2D eigenvalue weighted by Gasteiger charge is 2.28. The van der Waals surface area contributed by atoms with Crippen molar-refractivity contribution in [1.82, 2.24) is 4.90 Å². The zero-order valence-corrected chi connectivity index (χ0v) is 9.11. The number of hydrogen-bond acceptors (Lipinski definition) is 3. The van der Waals surface area contributed by atoms with Crippen LogP contribution in [0.25, 0.3) is 0 Å². The molecule has 1 aliphatic heterocycles. The van der Waals surface area contributed by atoms with E-state index in [1.165, 1.54) is 4.88 Å². The summed E-state index contributed by atoms with van der Waals surface area (Å²) >= 11 is 7.53. The number of halogens is 1. The molecule has 2 heterocycles. The van der Waals surface area contributed by atoms with Crippen molar-refractivity contribution in [3.8, 4) is 0 Å². The lowest BCUT2D eigenvalue weighted by atomic mass is 10.1. The van der Waals surface area contributed by atoms with Gasteiger partial charge in [0.2, 0.25) is 0 Å². The van der Waals surface area contributed by atoms with E-state index in [9.17, 15) is 0 Å². The fourth-order valence-corrected chi connectivity index (χ4v) is 2.75. The van der Waals surface area contributed by atoms with Gasteiger partial charge in [-0.1, -0.05) is 11.6 Å². The molecule has 4 heteroatoms. The predicted molar refractivity (Wildman–Crippen MR) is 57.3 cm³/mol. The number of hydrogen-bond donors (Lipinski definition) is 1. The summed E-state index contributed by atoms with van der Waals surface area (Å²) in [6.45, 7) is 4.22. The first-order chi connectivity index (χ1) is 6.16. The molecule has 0 spiro atoms. The second kappa shape index (κ2) is 3.58. The Labute approximate surface area is 87.3 Å². The second-order valence-corrected chi connectivity index (χ2v) is 5.28. The minimum absolute atomic E-state index is 0.373. The van der Waals surface area contributed by atoms with Gasteiger partial charge in [-0.15, -0.1) is 11.3 Å². The van der Waals surface area contributed by atoms with Gasteiger partial charge in [0.15, 0.2) is 0 Å². The number of thiophene rings is 1. The normalized spacial score (nSPS) is 21.5. The molecule has 2 rings (SSSR count). The highest BCUT2D eigenvalue weighted by Crippen LogP contribution is 2.32. The van der Waals surface area contributed by atoms with Gasteiger partial charge in [-0.25, -0.2) is 0 Å². The first kappa shape index (κ1) is 9.46. The predicted octanol–water partition coefficient (Wildman–Crippen LogP) is 2.11. The largest absolute Gasteiger partial charge is 0.325 e. The van der Waals surface area contributed by atoms with Gasteiger partial charge >= 0.3 is 0 Å². The smallest absolute Gasteiger partial charge is 0.0931 e. The summed E-state index contributed by atoms with van der Waals surface area (Å²) in [4.78, 5) is 3.70. The summed E-state index contributed by atoms with van der Waals surface area (Å²) in [6, 6.07) is 4.90. The Hall–Kier alpha value is -0.0900. The van der Waals surface area contributed by atoms with Crippen molar-refractivity contribution in [3.05, 3.63) is 21.3 Å². The third kappa shape index (κ3) is 1.89. The van der Waals surface area contributed by atoms with Crippen LogP contribution in [0.1, 0.15) is 17.8 Å². The van der Waals surface area contributed by atoms with Crippen LogP contribution in [-0.4, -0.2) is 24.0 Å². The highest BCUT2D eigenvalue weighted by atomic mass is 35.5. The third-order valence-corrected chi connectivity index (χ3v) is 3.89. The highest BCUT2D eigenvalue weighted by molar-refractivity contribution is 7.16. The molecule has 2 N–H and O–H groups in total. The van der Waals surface area contributed by atoms with E-state index in [-0.39, 0.29) is 0 Å². The van der Waals surface area contributed by atoms with E-state index in [1.54, 1.807) is 11.3 Å². The molecule has 1 aromatic rings. The molecule has 1 fully saturated rings. The zero-order valence-electron chi connectivity index (χ0n) is 7.53. The van der Waals surface area contributed by atoms with Crippen LogP contribution in [-0.2, 0) is 0 Å². The summed E-state index contributed by atoms with van der Waals surface area (Å²) in [5.41, 5.74) is 5.73. The maximum absolute atomic E-state index is 5.87. The Kier molecular flexibility index (Phi) is 2.60. The molecule has 1 aliphatic rings. The van der Waals surface area contributed by atoms with Crippen molar-refractivity contribution < 1.29 is 0 Å². The van der Waals surface area contributed by atoms with Gasteiger partial charge in [0.25, 0.3) is 0 Å². The van der Waals surface area contributed by atoms with Gasteiger partial charge in [-0.05, 0) is 19.1 Å². The molecule has 1 saturated heterocycles. The van der Waals surface area contributed by atoms with E-state index < -0.39 is 0 Å². The molecule has 0 radical (unpaired) electrons. The van der Waals surface area contributed by atoms with E-state index in [2.05, 4.69) is 17.9 Å². The lowest BCUT2D eigenvalue weighted by Crippen LogP contribution is -2.56. The maximum atomic E-state index is 5.87. The first-order valence-corrected chi connectivity index (χ1v) is 5.61. The fraction of sp³-hybridized carbons (Fsp3) is 0.556. The van der Waals surface area contributed by atoms with Gasteiger partial charge in [0, 0.05) is 30.1 Å². The van der Waals surface area contributed by atoms with Crippen LogP contribution in [0.15, 0.2) is 12.1 Å². The van der Waals surface area contributed by atoms with Crippen LogP contribution in [0.3, 0.4) is 0 Å². The van der Waals surface area contributed by atoms with E-state index in [1.807, 2.05) is 6.07 Å². The summed E-state index contributed by atoms with van der Waals surface area (Å²) in [7, 11) is 0. The van der Waals surface area contributed by atoms with Crippen molar-refractivity contribution >= 4 is 22.9 Å². The average molecular weight is 217 g/mol. The van der Waals surface area contributed by atoms with Crippen LogP contribution in [0, 0.1) is 0 Å². The van der Waals surface area contributed by atoms with E-state index in [0.717, 1.165) is 17.4 Å². The molecule has 0 aliphatic carbocycles. The molecular weight excluding hydrogens is 204 g/mol. The molecule has 2 nitrogen and oxygen atoms in total. The van der Waals surface area contributed by atoms with Gasteiger partial charge in [-0.2, -0.15) is 0 Å². The maximum Gasteiger partial charge on any atom is 0.0931 e. The Morgan fingerprint density at radius 1 is 1.62 bits per heavy atom. The molecule has 1 atom stereocenters. The van der Waals surface area contributed by atoms with Crippen molar-refractivity contribution in [2.45, 2.75) is 19.0 Å². The number of nitrogens with zero attached hydrogens (tertiary/aromatic N) is 1. The molecular formula is C9H13ClN2S. The van der Waals surface area contributed by atoms with Gasteiger partial charge in [0.1, 0.15) is 0 Å². The van der Waals surface area contributed by atoms with Crippen LogP contribution in [0.5, 0.6) is 0 Å². The van der Waals surface area contributed by atoms with E-state index in [4.69, 9.17) is 17.3 Å². The van der Waals surface area contributed by atoms with Crippen molar-refractivity contribution in [1.29, 1.82) is 0 Å². The first-order valence-electron chi connectivity index (χ1n) is 4.41.